The monoisotopic (exact) mass is 514 g/mol. The van der Waals surface area contributed by atoms with E-state index in [9.17, 15) is 13.5 Å². The van der Waals surface area contributed by atoms with Crippen molar-refractivity contribution in [3.63, 3.8) is 0 Å². The van der Waals surface area contributed by atoms with Gasteiger partial charge in [0, 0.05) is 43.5 Å². The molecule has 190 valence electrons. The Morgan fingerprint density at radius 1 is 1.11 bits per heavy atom. The van der Waals surface area contributed by atoms with E-state index < -0.39 is 37.9 Å². The predicted molar refractivity (Wildman–Crippen MR) is 131 cm³/mol. The fraction of sp³-hybridized carbons (Fsp3) is 0.407. The number of hydrogen-bond acceptors (Lipinski definition) is 5. The summed E-state index contributed by atoms with van der Waals surface area (Å²) in [5.74, 6) is -0.376. The van der Waals surface area contributed by atoms with Gasteiger partial charge in [0.25, 0.3) is 0 Å². The molecule has 9 heteroatoms. The van der Waals surface area contributed by atoms with Crippen LogP contribution in [0.25, 0.3) is 6.08 Å². The van der Waals surface area contributed by atoms with E-state index in [4.69, 9.17) is 4.74 Å². The second-order valence-electron chi connectivity index (χ2n) is 10.7. The minimum atomic E-state index is -3.77. The highest BCUT2D eigenvalue weighted by atomic mass is 32.2. The Kier molecular flexibility index (Phi) is 5.17. The number of nitrogens with zero attached hydrogens (tertiary/aromatic N) is 2. The summed E-state index contributed by atoms with van der Waals surface area (Å²) in [5.41, 5.74) is -0.521. The van der Waals surface area contributed by atoms with Gasteiger partial charge in [0.05, 0.1) is 11.0 Å². The van der Waals surface area contributed by atoms with Crippen molar-refractivity contribution in [2.75, 3.05) is 13.6 Å². The first kappa shape index (κ1) is 23.6. The Labute approximate surface area is 209 Å². The Balaban J connectivity index is 1.54. The maximum absolute atomic E-state index is 15.7. The van der Waals surface area contributed by atoms with Crippen molar-refractivity contribution in [3.8, 4) is 0 Å². The number of aliphatic hydroxyl groups is 1. The Morgan fingerprint density at radius 3 is 2.53 bits per heavy atom. The molecule has 8 bridgehead atoms. The van der Waals surface area contributed by atoms with Crippen LogP contribution >= 0.6 is 0 Å². The topological polar surface area (TPSA) is 70.1 Å². The molecule has 1 saturated carbocycles. The van der Waals surface area contributed by atoms with Crippen LogP contribution < -0.4 is 0 Å². The molecule has 1 spiro atoms. The second-order valence-corrected chi connectivity index (χ2v) is 12.8. The predicted octanol–water partition coefficient (Wildman–Crippen LogP) is 4.53. The largest absolute Gasteiger partial charge is 0.443 e. The Bertz CT molecular complexity index is 1410. The molecule has 0 radical (unpaired) electrons. The molecule has 0 aromatic heterocycles. The summed E-state index contributed by atoms with van der Waals surface area (Å²) >= 11 is 0. The minimum absolute atomic E-state index is 0.0135. The van der Waals surface area contributed by atoms with Crippen molar-refractivity contribution in [2.24, 2.45) is 0 Å². The van der Waals surface area contributed by atoms with Crippen LogP contribution in [0.2, 0.25) is 0 Å². The fourth-order valence-electron chi connectivity index (χ4n) is 6.18. The molecule has 9 rings (SSSR count). The molecule has 2 atom stereocenters. The lowest BCUT2D eigenvalue weighted by Crippen LogP contribution is -2.54. The molecule has 2 aromatic carbocycles. The van der Waals surface area contributed by atoms with Crippen molar-refractivity contribution >= 4 is 16.1 Å². The van der Waals surface area contributed by atoms with Crippen LogP contribution in [0.3, 0.4) is 0 Å². The summed E-state index contributed by atoms with van der Waals surface area (Å²) in [7, 11) is -1.96. The maximum atomic E-state index is 15.7. The Morgan fingerprint density at radius 2 is 1.83 bits per heavy atom. The van der Waals surface area contributed by atoms with Gasteiger partial charge in [0.2, 0.25) is 10.0 Å². The molecule has 1 aliphatic carbocycles. The molecule has 0 amide bonds. The average molecular weight is 515 g/mol. The van der Waals surface area contributed by atoms with Crippen LogP contribution in [0.1, 0.15) is 60.1 Å². The fourth-order valence-corrected chi connectivity index (χ4v) is 8.21. The highest BCUT2D eigenvalue weighted by molar-refractivity contribution is 7.89. The van der Waals surface area contributed by atoms with Crippen LogP contribution in [0.15, 0.2) is 54.2 Å². The second kappa shape index (κ2) is 7.87. The number of allylic oxidation sites excluding steroid dienone is 1. The van der Waals surface area contributed by atoms with Gasteiger partial charge in [0.15, 0.2) is 5.88 Å². The van der Waals surface area contributed by atoms with E-state index in [-0.39, 0.29) is 37.1 Å². The lowest BCUT2D eigenvalue weighted by molar-refractivity contribution is -0.0764. The quantitative estimate of drug-likeness (QED) is 0.560. The van der Waals surface area contributed by atoms with Crippen molar-refractivity contribution in [3.05, 3.63) is 88.1 Å². The van der Waals surface area contributed by atoms with Gasteiger partial charge in [-0.2, -0.15) is 4.31 Å². The summed E-state index contributed by atoms with van der Waals surface area (Å²) in [6, 6.07) is 9.56. The molecule has 1 N–H and O–H groups in total. The van der Waals surface area contributed by atoms with E-state index in [1.165, 1.54) is 4.31 Å². The molecular formula is C27H28F2N2O4S. The summed E-state index contributed by atoms with van der Waals surface area (Å²) in [6.07, 6.45) is 5.00. The first-order valence-electron chi connectivity index (χ1n) is 12.1. The van der Waals surface area contributed by atoms with Gasteiger partial charge < -0.3 is 14.7 Å². The SMILES string of the molecule is CN1C=C2OC1=Cc1ccc(cc1)[C@H]1CCCN(Cc3cc(F)c(cc3F)C23CC(C)(O)C3)S1(=O)=O. The molecule has 7 aliphatic rings. The molecule has 2 aromatic rings. The number of sulfonamides is 1. The third-order valence-corrected chi connectivity index (χ3v) is 10.2. The summed E-state index contributed by atoms with van der Waals surface area (Å²) in [5, 5.41) is 9.89. The van der Waals surface area contributed by atoms with Crippen molar-refractivity contribution in [1.82, 2.24) is 9.21 Å². The number of hydrogen-bond donors (Lipinski definition) is 1. The van der Waals surface area contributed by atoms with Gasteiger partial charge in [-0.15, -0.1) is 0 Å². The van der Waals surface area contributed by atoms with E-state index in [0.717, 1.165) is 17.7 Å². The lowest BCUT2D eigenvalue weighted by Gasteiger charge is -2.51. The van der Waals surface area contributed by atoms with Gasteiger partial charge in [-0.3, -0.25) is 0 Å². The zero-order chi connectivity index (χ0) is 25.5. The van der Waals surface area contributed by atoms with Gasteiger partial charge in [0.1, 0.15) is 22.6 Å². The van der Waals surface area contributed by atoms with Crippen LogP contribution in [0, 0.1) is 11.6 Å². The van der Waals surface area contributed by atoms with Gasteiger partial charge in [-0.1, -0.05) is 24.3 Å². The number of rotatable bonds is 0. The van der Waals surface area contributed by atoms with Gasteiger partial charge in [-0.05, 0) is 55.9 Å². The first-order valence-corrected chi connectivity index (χ1v) is 13.6. The number of ether oxygens (including phenoxy) is 1. The summed E-state index contributed by atoms with van der Waals surface area (Å²) in [6.45, 7) is 1.68. The van der Waals surface area contributed by atoms with Crippen molar-refractivity contribution in [2.45, 2.75) is 55.4 Å². The molecule has 36 heavy (non-hydrogen) atoms. The molecular weight excluding hydrogens is 486 g/mol. The van der Waals surface area contributed by atoms with E-state index in [1.54, 1.807) is 37.2 Å². The van der Waals surface area contributed by atoms with E-state index in [2.05, 4.69) is 0 Å². The summed E-state index contributed by atoms with van der Waals surface area (Å²) in [4.78, 5) is 1.77. The number of benzene rings is 2. The standard InChI is InChI=1S/C27H28F2N2O4S/c1-26(32)15-27(16-26)20-12-21(28)19(11-22(20)29)13-31-9-3-4-23(36(31,33)34)18-7-5-17(6-8-18)10-25-30(2)14-24(27)35-25/h5-8,10-12,14,23,32H,3-4,9,13,15-16H2,1-2H3/t23-,26?,27?/m1/s1. The molecule has 6 heterocycles. The van der Waals surface area contributed by atoms with Gasteiger partial charge in [-0.25, -0.2) is 17.2 Å². The minimum Gasteiger partial charge on any atom is -0.443 e. The van der Waals surface area contributed by atoms with Gasteiger partial charge >= 0.3 is 0 Å². The highest BCUT2D eigenvalue weighted by Gasteiger charge is 2.58. The van der Waals surface area contributed by atoms with E-state index in [0.29, 0.717) is 30.0 Å². The molecule has 1 saturated heterocycles. The molecule has 1 unspecified atom stereocenters. The summed E-state index contributed by atoms with van der Waals surface area (Å²) < 4.78 is 65.5. The van der Waals surface area contributed by atoms with Crippen LogP contribution in [-0.2, 0) is 26.7 Å². The van der Waals surface area contributed by atoms with Crippen molar-refractivity contribution < 1.29 is 27.0 Å². The van der Waals surface area contributed by atoms with Crippen LogP contribution in [0.5, 0.6) is 0 Å². The Hall–Kier alpha value is -2.75. The van der Waals surface area contributed by atoms with Crippen LogP contribution in [-0.4, -0.2) is 41.9 Å². The van der Waals surface area contributed by atoms with E-state index in [1.807, 2.05) is 18.2 Å². The molecule has 2 fully saturated rings. The smallest absolute Gasteiger partial charge is 0.221 e. The van der Waals surface area contributed by atoms with E-state index >= 15 is 8.78 Å². The van der Waals surface area contributed by atoms with Crippen molar-refractivity contribution in [1.29, 1.82) is 0 Å². The maximum Gasteiger partial charge on any atom is 0.221 e. The highest BCUT2D eigenvalue weighted by Crippen LogP contribution is 2.57. The zero-order valence-electron chi connectivity index (χ0n) is 20.2. The first-order chi connectivity index (χ1) is 17.0. The zero-order valence-corrected chi connectivity index (χ0v) is 21.0. The average Bonchev–Trinajstić information content (AvgIpc) is 3.16. The number of halogens is 2. The molecule has 6 aliphatic heterocycles. The molecule has 6 nitrogen and oxygen atoms in total. The third-order valence-electron chi connectivity index (χ3n) is 7.90. The normalized spacial score (nSPS) is 32.5. The lowest BCUT2D eigenvalue weighted by atomic mass is 9.55. The van der Waals surface area contributed by atoms with Crippen LogP contribution in [0.4, 0.5) is 8.78 Å². The third kappa shape index (κ3) is 3.59.